The van der Waals surface area contributed by atoms with Gasteiger partial charge in [-0.05, 0) is 56.3 Å². The molecular weight excluding hydrogens is 250 g/mol. The van der Waals surface area contributed by atoms with E-state index in [0.717, 1.165) is 24.5 Å². The van der Waals surface area contributed by atoms with E-state index in [-0.39, 0.29) is 11.6 Å². The van der Waals surface area contributed by atoms with Crippen molar-refractivity contribution in [2.75, 3.05) is 21.3 Å². The average molecular weight is 277 g/mol. The minimum atomic E-state index is -0.104. The van der Waals surface area contributed by atoms with Crippen molar-refractivity contribution < 1.29 is 9.47 Å². The summed E-state index contributed by atoms with van der Waals surface area (Å²) in [5.74, 6) is 1.71. The van der Waals surface area contributed by atoms with Crippen LogP contribution >= 0.6 is 0 Å². The Morgan fingerprint density at radius 1 is 1.25 bits per heavy atom. The SMILES string of the molecule is CNC(c1cccc(OC)c1)C1(OC)CCC(C)CC1. The van der Waals surface area contributed by atoms with E-state index in [9.17, 15) is 0 Å². The molecule has 1 aliphatic rings. The summed E-state index contributed by atoms with van der Waals surface area (Å²) in [4.78, 5) is 0. The molecule has 0 aromatic heterocycles. The number of likely N-dealkylation sites (N-methyl/N-ethyl adjacent to an activating group) is 1. The lowest BCUT2D eigenvalue weighted by Crippen LogP contribution is -2.46. The molecule has 3 heteroatoms. The molecule has 1 aromatic rings. The van der Waals surface area contributed by atoms with Crippen LogP contribution in [0.3, 0.4) is 0 Å². The van der Waals surface area contributed by atoms with E-state index in [0.29, 0.717) is 0 Å². The first-order valence-electron chi connectivity index (χ1n) is 7.51. The number of rotatable bonds is 5. The highest BCUT2D eigenvalue weighted by atomic mass is 16.5. The van der Waals surface area contributed by atoms with Crippen LogP contribution in [-0.2, 0) is 4.74 Å². The molecule has 0 saturated heterocycles. The van der Waals surface area contributed by atoms with Gasteiger partial charge in [0.15, 0.2) is 0 Å². The van der Waals surface area contributed by atoms with Crippen LogP contribution in [0.1, 0.15) is 44.2 Å². The largest absolute Gasteiger partial charge is 0.497 e. The second-order valence-corrected chi connectivity index (χ2v) is 5.95. The van der Waals surface area contributed by atoms with Gasteiger partial charge in [-0.1, -0.05) is 19.1 Å². The van der Waals surface area contributed by atoms with Crippen molar-refractivity contribution in [2.45, 2.75) is 44.2 Å². The van der Waals surface area contributed by atoms with Gasteiger partial charge in [-0.15, -0.1) is 0 Å². The van der Waals surface area contributed by atoms with Crippen LogP contribution in [0.25, 0.3) is 0 Å². The van der Waals surface area contributed by atoms with Gasteiger partial charge in [0.1, 0.15) is 5.75 Å². The zero-order chi connectivity index (χ0) is 14.6. The summed E-state index contributed by atoms with van der Waals surface area (Å²) in [7, 11) is 5.57. The Morgan fingerprint density at radius 3 is 2.50 bits per heavy atom. The van der Waals surface area contributed by atoms with E-state index in [1.165, 1.54) is 18.4 Å². The van der Waals surface area contributed by atoms with Gasteiger partial charge in [0, 0.05) is 7.11 Å². The Kier molecular flexibility index (Phi) is 5.06. The van der Waals surface area contributed by atoms with E-state index in [2.05, 4.69) is 24.4 Å². The number of ether oxygens (including phenoxy) is 2. The zero-order valence-corrected chi connectivity index (χ0v) is 13.1. The first kappa shape index (κ1) is 15.3. The zero-order valence-electron chi connectivity index (χ0n) is 13.1. The quantitative estimate of drug-likeness (QED) is 0.893. The Morgan fingerprint density at radius 2 is 1.95 bits per heavy atom. The first-order valence-corrected chi connectivity index (χ1v) is 7.51. The average Bonchev–Trinajstić information content (AvgIpc) is 2.50. The van der Waals surface area contributed by atoms with E-state index >= 15 is 0 Å². The fourth-order valence-electron chi connectivity index (χ4n) is 3.42. The van der Waals surface area contributed by atoms with Crippen LogP contribution in [0.2, 0.25) is 0 Å². The molecule has 1 atom stereocenters. The molecule has 3 nitrogen and oxygen atoms in total. The van der Waals surface area contributed by atoms with Crippen molar-refractivity contribution >= 4 is 0 Å². The van der Waals surface area contributed by atoms with Crippen molar-refractivity contribution in [1.82, 2.24) is 5.32 Å². The fraction of sp³-hybridized carbons (Fsp3) is 0.647. The number of nitrogens with one attached hydrogen (secondary N) is 1. The molecule has 2 rings (SSSR count). The molecule has 0 bridgehead atoms. The van der Waals surface area contributed by atoms with E-state index in [1.807, 2.05) is 26.3 Å². The maximum Gasteiger partial charge on any atom is 0.119 e. The standard InChI is InChI=1S/C17H27NO2/c1-13-8-10-17(20-4,11-9-13)16(18-2)14-6-5-7-15(12-14)19-3/h5-7,12-13,16,18H,8-11H2,1-4H3. The second-order valence-electron chi connectivity index (χ2n) is 5.95. The van der Waals surface area contributed by atoms with Crippen LogP contribution in [0.15, 0.2) is 24.3 Å². The van der Waals surface area contributed by atoms with E-state index in [4.69, 9.17) is 9.47 Å². The Labute approximate surface area is 122 Å². The van der Waals surface area contributed by atoms with Crippen molar-refractivity contribution in [3.8, 4) is 5.75 Å². The first-order chi connectivity index (χ1) is 9.65. The molecule has 0 amide bonds. The Bertz CT molecular complexity index is 425. The summed E-state index contributed by atoms with van der Waals surface area (Å²) in [6.07, 6.45) is 4.67. The highest BCUT2D eigenvalue weighted by Gasteiger charge is 2.41. The second kappa shape index (κ2) is 6.59. The molecule has 0 heterocycles. The molecule has 0 spiro atoms. The van der Waals surface area contributed by atoms with Gasteiger partial charge in [-0.3, -0.25) is 0 Å². The lowest BCUT2D eigenvalue weighted by atomic mass is 9.73. The van der Waals surface area contributed by atoms with Gasteiger partial charge < -0.3 is 14.8 Å². The normalized spacial score (nSPS) is 28.1. The van der Waals surface area contributed by atoms with Crippen LogP contribution in [-0.4, -0.2) is 26.9 Å². The third-order valence-electron chi connectivity index (χ3n) is 4.77. The molecule has 1 unspecified atom stereocenters. The van der Waals surface area contributed by atoms with Gasteiger partial charge in [0.05, 0.1) is 18.8 Å². The van der Waals surface area contributed by atoms with Crippen molar-refractivity contribution in [1.29, 1.82) is 0 Å². The van der Waals surface area contributed by atoms with E-state index < -0.39 is 0 Å². The summed E-state index contributed by atoms with van der Waals surface area (Å²) < 4.78 is 11.4. The summed E-state index contributed by atoms with van der Waals surface area (Å²) in [5.41, 5.74) is 1.14. The molecule has 0 radical (unpaired) electrons. The molecular formula is C17H27NO2. The molecule has 1 saturated carbocycles. The fourth-order valence-corrected chi connectivity index (χ4v) is 3.42. The van der Waals surface area contributed by atoms with Crippen LogP contribution in [0.4, 0.5) is 0 Å². The summed E-state index contributed by atoms with van der Waals surface area (Å²) in [5, 5.41) is 3.47. The molecule has 112 valence electrons. The van der Waals surface area contributed by atoms with Crippen LogP contribution in [0, 0.1) is 5.92 Å². The number of hydrogen-bond acceptors (Lipinski definition) is 3. The number of benzene rings is 1. The molecule has 1 aliphatic carbocycles. The van der Waals surface area contributed by atoms with Gasteiger partial charge in [0.25, 0.3) is 0 Å². The third kappa shape index (κ3) is 2.99. The Balaban J connectivity index is 2.29. The van der Waals surface area contributed by atoms with E-state index in [1.54, 1.807) is 7.11 Å². The lowest BCUT2D eigenvalue weighted by Gasteiger charge is -2.44. The van der Waals surface area contributed by atoms with Crippen LogP contribution < -0.4 is 10.1 Å². The van der Waals surface area contributed by atoms with Crippen molar-refractivity contribution in [3.05, 3.63) is 29.8 Å². The third-order valence-corrected chi connectivity index (χ3v) is 4.77. The maximum absolute atomic E-state index is 6.00. The minimum absolute atomic E-state index is 0.104. The Hall–Kier alpha value is -1.06. The molecule has 1 aromatic carbocycles. The number of hydrogen-bond donors (Lipinski definition) is 1. The lowest BCUT2D eigenvalue weighted by molar-refractivity contribution is -0.0745. The predicted octanol–water partition coefficient (Wildman–Crippen LogP) is 3.55. The summed E-state index contributed by atoms with van der Waals surface area (Å²) in [6, 6.07) is 8.50. The molecule has 0 aliphatic heterocycles. The predicted molar refractivity (Wildman–Crippen MR) is 82.2 cm³/mol. The van der Waals surface area contributed by atoms with Gasteiger partial charge >= 0.3 is 0 Å². The summed E-state index contributed by atoms with van der Waals surface area (Å²) >= 11 is 0. The van der Waals surface area contributed by atoms with Crippen molar-refractivity contribution in [2.24, 2.45) is 5.92 Å². The number of methoxy groups -OCH3 is 2. The minimum Gasteiger partial charge on any atom is -0.497 e. The van der Waals surface area contributed by atoms with Gasteiger partial charge in [0.2, 0.25) is 0 Å². The van der Waals surface area contributed by atoms with Crippen LogP contribution in [0.5, 0.6) is 5.75 Å². The maximum atomic E-state index is 6.00. The van der Waals surface area contributed by atoms with Gasteiger partial charge in [-0.25, -0.2) is 0 Å². The van der Waals surface area contributed by atoms with Crippen molar-refractivity contribution in [3.63, 3.8) is 0 Å². The highest BCUT2D eigenvalue weighted by molar-refractivity contribution is 5.32. The highest BCUT2D eigenvalue weighted by Crippen LogP contribution is 2.43. The smallest absolute Gasteiger partial charge is 0.119 e. The molecule has 1 fully saturated rings. The van der Waals surface area contributed by atoms with Gasteiger partial charge in [-0.2, -0.15) is 0 Å². The molecule has 1 N–H and O–H groups in total. The molecule has 20 heavy (non-hydrogen) atoms. The topological polar surface area (TPSA) is 30.5 Å². The monoisotopic (exact) mass is 277 g/mol. The summed E-state index contributed by atoms with van der Waals surface area (Å²) in [6.45, 7) is 2.33.